The molecule has 2 rings (SSSR count). The molecule has 0 saturated carbocycles. The molecule has 2 aromatic rings. The Morgan fingerprint density at radius 2 is 1.83 bits per heavy atom. The van der Waals surface area contributed by atoms with E-state index >= 15 is 0 Å². The Morgan fingerprint density at radius 3 is 2.44 bits per heavy atom. The van der Waals surface area contributed by atoms with Crippen LogP contribution in [0, 0.1) is 5.92 Å². The van der Waals surface area contributed by atoms with Crippen molar-refractivity contribution in [2.45, 2.75) is 20.3 Å². The van der Waals surface area contributed by atoms with Gasteiger partial charge in [-0.2, -0.15) is 0 Å². The van der Waals surface area contributed by atoms with Crippen molar-refractivity contribution in [3.63, 3.8) is 0 Å². The van der Waals surface area contributed by atoms with Crippen LogP contribution in [0.4, 0.5) is 0 Å². The quantitative estimate of drug-likeness (QED) is 0.809. The average molecular weight is 328 g/mol. The van der Waals surface area contributed by atoms with Gasteiger partial charge < -0.3 is 0 Å². The highest BCUT2D eigenvalue weighted by atomic mass is 79.9. The van der Waals surface area contributed by atoms with Crippen LogP contribution in [-0.4, -0.2) is 19.9 Å². The Kier molecular flexibility index (Phi) is 4.24. The van der Waals surface area contributed by atoms with Crippen molar-refractivity contribution in [1.29, 1.82) is 0 Å². The predicted molar refractivity (Wildman–Crippen MR) is 74.3 cm³/mol. The molecule has 0 atom stereocenters. The van der Waals surface area contributed by atoms with Crippen LogP contribution in [0.15, 0.2) is 22.9 Å². The average Bonchev–Trinajstić information content (AvgIpc) is 2.35. The fourth-order valence-corrected chi connectivity index (χ4v) is 2.03. The SMILES string of the molecule is CC(C)Cc1nc(-c2ncccn2)nc(Cl)c1Br. The molecule has 2 heterocycles. The van der Waals surface area contributed by atoms with E-state index in [-0.39, 0.29) is 0 Å². The van der Waals surface area contributed by atoms with E-state index in [1.807, 2.05) is 0 Å². The van der Waals surface area contributed by atoms with Gasteiger partial charge in [-0.05, 0) is 34.3 Å². The Labute approximate surface area is 119 Å². The minimum atomic E-state index is 0.392. The van der Waals surface area contributed by atoms with Crippen molar-refractivity contribution in [1.82, 2.24) is 19.9 Å². The minimum absolute atomic E-state index is 0.392. The van der Waals surface area contributed by atoms with Crippen LogP contribution in [0.25, 0.3) is 11.6 Å². The third-order valence-electron chi connectivity index (χ3n) is 2.25. The van der Waals surface area contributed by atoms with E-state index in [0.717, 1.165) is 16.6 Å². The summed E-state index contributed by atoms with van der Waals surface area (Å²) in [7, 11) is 0. The summed E-state index contributed by atoms with van der Waals surface area (Å²) in [6, 6.07) is 1.75. The maximum Gasteiger partial charge on any atom is 0.199 e. The maximum absolute atomic E-state index is 6.10. The smallest absolute Gasteiger partial charge is 0.199 e. The molecule has 2 aromatic heterocycles. The van der Waals surface area contributed by atoms with Gasteiger partial charge in [-0.3, -0.25) is 0 Å². The standard InChI is InChI=1S/C12H12BrClN4/c1-7(2)6-8-9(13)10(14)18-12(17-8)11-15-4-3-5-16-11/h3-5,7H,6H2,1-2H3. The molecular formula is C12H12BrClN4. The van der Waals surface area contributed by atoms with Crippen molar-refractivity contribution in [2.24, 2.45) is 5.92 Å². The number of hydrogen-bond acceptors (Lipinski definition) is 4. The molecule has 4 nitrogen and oxygen atoms in total. The zero-order valence-corrected chi connectivity index (χ0v) is 12.4. The Hall–Kier alpha value is -1.07. The predicted octanol–water partition coefficient (Wildman–Crippen LogP) is 3.55. The van der Waals surface area contributed by atoms with Crippen molar-refractivity contribution in [3.8, 4) is 11.6 Å². The van der Waals surface area contributed by atoms with E-state index in [1.165, 1.54) is 0 Å². The summed E-state index contributed by atoms with van der Waals surface area (Å²) < 4.78 is 0.748. The molecule has 0 saturated heterocycles. The van der Waals surface area contributed by atoms with Crippen LogP contribution < -0.4 is 0 Å². The second-order valence-corrected chi connectivity index (χ2v) is 5.42. The third-order valence-corrected chi connectivity index (χ3v) is 3.58. The molecule has 0 aliphatic rings. The van der Waals surface area contributed by atoms with E-state index in [0.29, 0.717) is 22.7 Å². The maximum atomic E-state index is 6.10. The van der Waals surface area contributed by atoms with E-state index in [1.54, 1.807) is 18.5 Å². The lowest BCUT2D eigenvalue weighted by molar-refractivity contribution is 0.632. The van der Waals surface area contributed by atoms with Gasteiger partial charge in [0.15, 0.2) is 11.6 Å². The second kappa shape index (κ2) is 5.71. The summed E-state index contributed by atoms with van der Waals surface area (Å²) in [6.07, 6.45) is 4.14. The molecule has 0 aromatic carbocycles. The monoisotopic (exact) mass is 326 g/mol. The van der Waals surface area contributed by atoms with Crippen LogP contribution in [-0.2, 0) is 6.42 Å². The fraction of sp³-hybridized carbons (Fsp3) is 0.333. The first-order chi connectivity index (χ1) is 8.58. The molecule has 94 valence electrons. The number of aromatic nitrogens is 4. The Balaban J connectivity index is 2.47. The largest absolute Gasteiger partial charge is 0.234 e. The third kappa shape index (κ3) is 3.03. The van der Waals surface area contributed by atoms with Crippen LogP contribution in [0.3, 0.4) is 0 Å². The van der Waals surface area contributed by atoms with Crippen molar-refractivity contribution in [2.75, 3.05) is 0 Å². The molecule has 6 heteroatoms. The molecule has 0 radical (unpaired) electrons. The normalized spacial score (nSPS) is 10.9. The zero-order chi connectivity index (χ0) is 13.1. The van der Waals surface area contributed by atoms with Gasteiger partial charge in [0.05, 0.1) is 10.2 Å². The van der Waals surface area contributed by atoms with Gasteiger partial charge in [-0.1, -0.05) is 25.4 Å². The van der Waals surface area contributed by atoms with E-state index in [2.05, 4.69) is 49.7 Å². The van der Waals surface area contributed by atoms with Gasteiger partial charge in [-0.15, -0.1) is 0 Å². The molecule has 0 fully saturated rings. The highest BCUT2D eigenvalue weighted by Gasteiger charge is 2.14. The lowest BCUT2D eigenvalue weighted by atomic mass is 10.1. The molecular weight excluding hydrogens is 316 g/mol. The highest BCUT2D eigenvalue weighted by molar-refractivity contribution is 9.10. The molecule has 0 amide bonds. The fourth-order valence-electron chi connectivity index (χ4n) is 1.50. The highest BCUT2D eigenvalue weighted by Crippen LogP contribution is 2.27. The Bertz CT molecular complexity index is 545. The molecule has 0 unspecified atom stereocenters. The number of halogens is 2. The summed E-state index contributed by atoms with van der Waals surface area (Å²) in [5, 5.41) is 0.392. The summed E-state index contributed by atoms with van der Waals surface area (Å²) in [5.74, 6) is 1.42. The van der Waals surface area contributed by atoms with Crippen LogP contribution in [0.1, 0.15) is 19.5 Å². The van der Waals surface area contributed by atoms with Crippen molar-refractivity contribution in [3.05, 3.63) is 33.8 Å². The zero-order valence-electron chi connectivity index (χ0n) is 10.1. The van der Waals surface area contributed by atoms with Gasteiger partial charge in [0.2, 0.25) is 0 Å². The lowest BCUT2D eigenvalue weighted by Crippen LogP contribution is -2.04. The summed E-state index contributed by atoms with van der Waals surface area (Å²) in [5.41, 5.74) is 0.882. The van der Waals surface area contributed by atoms with E-state index in [9.17, 15) is 0 Å². The number of nitrogens with zero attached hydrogens (tertiary/aromatic N) is 4. The second-order valence-electron chi connectivity index (χ2n) is 4.27. The van der Waals surface area contributed by atoms with Crippen LogP contribution in [0.2, 0.25) is 5.15 Å². The van der Waals surface area contributed by atoms with Gasteiger partial charge in [0.25, 0.3) is 0 Å². The summed E-state index contributed by atoms with van der Waals surface area (Å²) in [4.78, 5) is 16.9. The Morgan fingerprint density at radius 1 is 1.17 bits per heavy atom. The van der Waals surface area contributed by atoms with Crippen molar-refractivity contribution >= 4 is 27.5 Å². The summed E-state index contributed by atoms with van der Waals surface area (Å²) in [6.45, 7) is 4.25. The molecule has 0 spiro atoms. The van der Waals surface area contributed by atoms with Gasteiger partial charge >= 0.3 is 0 Å². The van der Waals surface area contributed by atoms with E-state index < -0.39 is 0 Å². The first kappa shape index (κ1) is 13.4. The van der Waals surface area contributed by atoms with E-state index in [4.69, 9.17) is 11.6 Å². The van der Waals surface area contributed by atoms with Crippen LogP contribution >= 0.6 is 27.5 Å². The summed E-state index contributed by atoms with van der Waals surface area (Å²) >= 11 is 9.52. The number of hydrogen-bond donors (Lipinski definition) is 0. The molecule has 0 bridgehead atoms. The molecule has 0 aliphatic carbocycles. The molecule has 0 aliphatic heterocycles. The minimum Gasteiger partial charge on any atom is -0.234 e. The van der Waals surface area contributed by atoms with Gasteiger partial charge in [0, 0.05) is 12.4 Å². The molecule has 0 N–H and O–H groups in total. The van der Waals surface area contributed by atoms with Gasteiger partial charge in [0.1, 0.15) is 5.15 Å². The number of rotatable bonds is 3. The first-order valence-electron chi connectivity index (χ1n) is 5.57. The van der Waals surface area contributed by atoms with Crippen LogP contribution in [0.5, 0.6) is 0 Å². The topological polar surface area (TPSA) is 51.6 Å². The molecule has 18 heavy (non-hydrogen) atoms. The van der Waals surface area contributed by atoms with Gasteiger partial charge in [-0.25, -0.2) is 19.9 Å². The first-order valence-corrected chi connectivity index (χ1v) is 6.74. The lowest BCUT2D eigenvalue weighted by Gasteiger charge is -2.09. The van der Waals surface area contributed by atoms with Crippen molar-refractivity contribution < 1.29 is 0 Å².